The van der Waals surface area contributed by atoms with Crippen LogP contribution in [0.1, 0.15) is 11.1 Å². The summed E-state index contributed by atoms with van der Waals surface area (Å²) < 4.78 is 10.6. The average Bonchev–Trinajstić information content (AvgIpc) is 3.35. The zero-order valence-electron chi connectivity index (χ0n) is 14.3. The molecule has 2 heterocycles. The molecule has 0 bridgehead atoms. The molecule has 0 aliphatic carbocycles. The van der Waals surface area contributed by atoms with E-state index in [0.29, 0.717) is 12.3 Å². The molecule has 0 unspecified atom stereocenters. The summed E-state index contributed by atoms with van der Waals surface area (Å²) in [6.07, 6.45) is 5.02. The van der Waals surface area contributed by atoms with Gasteiger partial charge in [0.15, 0.2) is 12.2 Å². The van der Waals surface area contributed by atoms with E-state index >= 15 is 0 Å². The standard InChI is InChI=1S/C20H19N3O3/c1-25-16-3-5-19-18(7-16)14(9-23-19)8-22-15-2-4-17(13(6-15)11-24)20-10-21-12-26-20/h2-7,9-10,12,22-24H,8,11H2,1H3. The second-order valence-corrected chi connectivity index (χ2v) is 5.97. The summed E-state index contributed by atoms with van der Waals surface area (Å²) in [6, 6.07) is 11.8. The largest absolute Gasteiger partial charge is 0.497 e. The SMILES string of the molecule is COc1ccc2[nH]cc(CNc3ccc(-c4cnco4)c(CO)c3)c2c1. The molecule has 6 nitrogen and oxygen atoms in total. The van der Waals surface area contributed by atoms with Gasteiger partial charge in [0, 0.05) is 34.9 Å². The normalized spacial score (nSPS) is 11.0. The summed E-state index contributed by atoms with van der Waals surface area (Å²) in [4.78, 5) is 7.20. The van der Waals surface area contributed by atoms with Crippen molar-refractivity contribution in [1.29, 1.82) is 0 Å². The van der Waals surface area contributed by atoms with Crippen LogP contribution in [0.4, 0.5) is 5.69 Å². The van der Waals surface area contributed by atoms with Gasteiger partial charge in [-0.2, -0.15) is 0 Å². The number of H-pyrrole nitrogens is 1. The maximum atomic E-state index is 9.68. The van der Waals surface area contributed by atoms with Crippen molar-refractivity contribution in [2.45, 2.75) is 13.2 Å². The number of aromatic nitrogens is 2. The quantitative estimate of drug-likeness (QED) is 0.491. The molecule has 132 valence electrons. The summed E-state index contributed by atoms with van der Waals surface area (Å²) >= 11 is 0. The Morgan fingerprint density at radius 3 is 2.88 bits per heavy atom. The summed E-state index contributed by atoms with van der Waals surface area (Å²) in [6.45, 7) is 0.579. The van der Waals surface area contributed by atoms with E-state index in [2.05, 4.69) is 15.3 Å². The first kappa shape index (κ1) is 16.2. The molecule has 0 saturated heterocycles. The highest BCUT2D eigenvalue weighted by Gasteiger charge is 2.10. The van der Waals surface area contributed by atoms with Crippen LogP contribution < -0.4 is 10.1 Å². The van der Waals surface area contributed by atoms with E-state index in [4.69, 9.17) is 9.15 Å². The van der Waals surface area contributed by atoms with Crippen molar-refractivity contribution in [2.24, 2.45) is 0 Å². The van der Waals surface area contributed by atoms with E-state index < -0.39 is 0 Å². The molecule has 2 aromatic carbocycles. The number of aliphatic hydroxyl groups is 1. The lowest BCUT2D eigenvalue weighted by Gasteiger charge is -2.10. The summed E-state index contributed by atoms with van der Waals surface area (Å²) in [7, 11) is 1.66. The van der Waals surface area contributed by atoms with Gasteiger partial charge in [0.1, 0.15) is 5.75 Å². The number of oxazole rings is 1. The van der Waals surface area contributed by atoms with E-state index in [1.165, 1.54) is 6.39 Å². The molecule has 0 atom stereocenters. The Balaban J connectivity index is 1.56. The summed E-state index contributed by atoms with van der Waals surface area (Å²) in [5.41, 5.74) is 4.76. The van der Waals surface area contributed by atoms with Crippen molar-refractivity contribution >= 4 is 16.6 Å². The summed E-state index contributed by atoms with van der Waals surface area (Å²) in [5.74, 6) is 1.47. The van der Waals surface area contributed by atoms with Crippen LogP contribution >= 0.6 is 0 Å². The Morgan fingerprint density at radius 2 is 2.12 bits per heavy atom. The molecule has 0 fully saturated rings. The van der Waals surface area contributed by atoms with E-state index in [1.54, 1.807) is 13.3 Å². The third-order valence-corrected chi connectivity index (χ3v) is 4.43. The minimum absolute atomic E-state index is 0.0736. The number of fused-ring (bicyclic) bond motifs is 1. The predicted molar refractivity (Wildman–Crippen MR) is 100 cm³/mol. The van der Waals surface area contributed by atoms with E-state index in [1.807, 2.05) is 42.6 Å². The number of hydrogen-bond donors (Lipinski definition) is 3. The van der Waals surface area contributed by atoms with Crippen molar-refractivity contribution in [1.82, 2.24) is 9.97 Å². The number of aliphatic hydroxyl groups excluding tert-OH is 1. The predicted octanol–water partition coefficient (Wildman–Crippen LogP) is 3.94. The van der Waals surface area contributed by atoms with Gasteiger partial charge in [0.05, 0.1) is 19.9 Å². The second kappa shape index (κ2) is 6.93. The van der Waals surface area contributed by atoms with E-state index in [-0.39, 0.29) is 6.61 Å². The number of benzene rings is 2. The first-order valence-corrected chi connectivity index (χ1v) is 8.29. The van der Waals surface area contributed by atoms with Gasteiger partial charge in [0.2, 0.25) is 0 Å². The molecule has 2 aromatic heterocycles. The number of methoxy groups -OCH3 is 1. The Hall–Kier alpha value is -3.25. The average molecular weight is 349 g/mol. The van der Waals surface area contributed by atoms with Crippen LogP contribution in [-0.2, 0) is 13.2 Å². The molecular formula is C20H19N3O3. The molecule has 0 radical (unpaired) electrons. The van der Waals surface area contributed by atoms with Gasteiger partial charge in [-0.15, -0.1) is 0 Å². The number of nitrogens with zero attached hydrogens (tertiary/aromatic N) is 1. The zero-order chi connectivity index (χ0) is 17.9. The maximum Gasteiger partial charge on any atom is 0.181 e. The number of nitrogens with one attached hydrogen (secondary N) is 2. The maximum absolute atomic E-state index is 9.68. The van der Waals surface area contributed by atoms with Gasteiger partial charge >= 0.3 is 0 Å². The molecule has 0 saturated carbocycles. The molecule has 0 aliphatic heterocycles. The molecule has 0 spiro atoms. The number of hydrogen-bond acceptors (Lipinski definition) is 5. The lowest BCUT2D eigenvalue weighted by atomic mass is 10.1. The molecule has 6 heteroatoms. The van der Waals surface area contributed by atoms with Gasteiger partial charge in [-0.1, -0.05) is 0 Å². The first-order chi connectivity index (χ1) is 12.8. The first-order valence-electron chi connectivity index (χ1n) is 8.29. The van der Waals surface area contributed by atoms with Crippen LogP contribution in [0.15, 0.2) is 59.6 Å². The fraction of sp³-hybridized carbons (Fsp3) is 0.150. The molecule has 26 heavy (non-hydrogen) atoms. The third-order valence-electron chi connectivity index (χ3n) is 4.43. The van der Waals surface area contributed by atoms with Crippen LogP contribution in [0.2, 0.25) is 0 Å². The Labute approximate surface area is 150 Å². The van der Waals surface area contributed by atoms with Crippen molar-refractivity contribution in [3.05, 3.63) is 66.3 Å². The molecule has 4 rings (SSSR count). The van der Waals surface area contributed by atoms with Crippen molar-refractivity contribution in [3.63, 3.8) is 0 Å². The third kappa shape index (κ3) is 3.02. The van der Waals surface area contributed by atoms with Crippen LogP contribution in [-0.4, -0.2) is 22.2 Å². The highest BCUT2D eigenvalue weighted by Crippen LogP contribution is 2.28. The van der Waals surface area contributed by atoms with Gasteiger partial charge < -0.3 is 24.6 Å². The van der Waals surface area contributed by atoms with E-state index in [9.17, 15) is 5.11 Å². The van der Waals surface area contributed by atoms with Gasteiger partial charge in [-0.3, -0.25) is 0 Å². The molecule has 4 aromatic rings. The number of rotatable bonds is 6. The summed E-state index contributed by atoms with van der Waals surface area (Å²) in [5, 5.41) is 14.2. The van der Waals surface area contributed by atoms with Crippen LogP contribution in [0.25, 0.3) is 22.2 Å². The van der Waals surface area contributed by atoms with Gasteiger partial charge in [0.25, 0.3) is 0 Å². The number of aromatic amines is 1. The molecule has 0 aliphatic rings. The van der Waals surface area contributed by atoms with Gasteiger partial charge in [-0.25, -0.2) is 4.98 Å². The highest BCUT2D eigenvalue weighted by atomic mass is 16.5. The fourth-order valence-corrected chi connectivity index (χ4v) is 3.05. The van der Waals surface area contributed by atoms with E-state index in [0.717, 1.165) is 39.0 Å². The smallest absolute Gasteiger partial charge is 0.181 e. The second-order valence-electron chi connectivity index (χ2n) is 5.97. The fourth-order valence-electron chi connectivity index (χ4n) is 3.05. The minimum Gasteiger partial charge on any atom is -0.497 e. The number of ether oxygens (including phenoxy) is 1. The Kier molecular flexibility index (Phi) is 4.33. The lowest BCUT2D eigenvalue weighted by molar-refractivity contribution is 0.282. The van der Waals surface area contributed by atoms with Crippen molar-refractivity contribution < 1.29 is 14.3 Å². The van der Waals surface area contributed by atoms with Crippen LogP contribution in [0.5, 0.6) is 5.75 Å². The molecule has 0 amide bonds. The van der Waals surface area contributed by atoms with Crippen molar-refractivity contribution in [3.8, 4) is 17.1 Å². The lowest BCUT2D eigenvalue weighted by Crippen LogP contribution is -2.00. The zero-order valence-corrected chi connectivity index (χ0v) is 14.3. The van der Waals surface area contributed by atoms with Crippen LogP contribution in [0, 0.1) is 0 Å². The topological polar surface area (TPSA) is 83.3 Å². The Morgan fingerprint density at radius 1 is 1.19 bits per heavy atom. The number of anilines is 1. The van der Waals surface area contributed by atoms with Crippen molar-refractivity contribution in [2.75, 3.05) is 12.4 Å². The van der Waals surface area contributed by atoms with Crippen LogP contribution in [0.3, 0.4) is 0 Å². The Bertz CT molecular complexity index is 1020. The monoisotopic (exact) mass is 349 g/mol. The molecular weight excluding hydrogens is 330 g/mol. The highest BCUT2D eigenvalue weighted by molar-refractivity contribution is 5.84. The molecule has 3 N–H and O–H groups in total. The minimum atomic E-state index is -0.0736. The van der Waals surface area contributed by atoms with Gasteiger partial charge in [-0.05, 0) is 47.5 Å².